The molecule has 0 unspecified atom stereocenters. The topological polar surface area (TPSA) is 75.4 Å². The fourth-order valence-electron chi connectivity index (χ4n) is 2.96. The molecular formula is C19H16F3N5O2S. The van der Waals surface area contributed by atoms with Crippen LogP contribution >= 0.6 is 11.3 Å². The highest BCUT2D eigenvalue weighted by molar-refractivity contribution is 7.10. The Balaban J connectivity index is 1.35. The largest absolute Gasteiger partial charge is 0.471 e. The molecule has 0 bridgehead atoms. The molecule has 0 atom stereocenters. The minimum absolute atomic E-state index is 0.0380. The molecule has 0 saturated carbocycles. The summed E-state index contributed by atoms with van der Waals surface area (Å²) in [5, 5.41) is 5.30. The van der Waals surface area contributed by atoms with E-state index in [9.17, 15) is 18.0 Å². The van der Waals surface area contributed by atoms with Crippen molar-refractivity contribution in [2.24, 2.45) is 0 Å². The van der Waals surface area contributed by atoms with Gasteiger partial charge in [-0.25, -0.2) is 4.98 Å². The summed E-state index contributed by atoms with van der Waals surface area (Å²) < 4.78 is 42.0. The molecule has 11 heteroatoms. The van der Waals surface area contributed by atoms with Crippen LogP contribution in [-0.2, 0) is 11.0 Å². The van der Waals surface area contributed by atoms with Crippen molar-refractivity contribution in [1.29, 1.82) is 0 Å². The number of nitrogens with zero attached hydrogens (tertiary/aromatic N) is 5. The van der Waals surface area contributed by atoms with Crippen molar-refractivity contribution in [2.75, 3.05) is 31.1 Å². The van der Waals surface area contributed by atoms with Gasteiger partial charge < -0.3 is 14.3 Å². The van der Waals surface area contributed by atoms with Crippen molar-refractivity contribution in [3.05, 3.63) is 52.7 Å². The van der Waals surface area contributed by atoms with E-state index in [1.807, 2.05) is 28.5 Å². The first-order chi connectivity index (χ1) is 14.4. The van der Waals surface area contributed by atoms with Gasteiger partial charge >= 0.3 is 12.1 Å². The van der Waals surface area contributed by atoms with Crippen LogP contribution < -0.4 is 4.90 Å². The zero-order valence-electron chi connectivity index (χ0n) is 15.5. The Morgan fingerprint density at radius 2 is 1.97 bits per heavy atom. The third kappa shape index (κ3) is 4.51. The number of rotatable bonds is 4. The normalized spacial score (nSPS) is 15.2. The lowest BCUT2D eigenvalue weighted by Crippen LogP contribution is -2.48. The van der Waals surface area contributed by atoms with E-state index in [1.165, 1.54) is 6.20 Å². The summed E-state index contributed by atoms with van der Waals surface area (Å²) in [7, 11) is 0. The van der Waals surface area contributed by atoms with Gasteiger partial charge in [0.2, 0.25) is 11.7 Å². The van der Waals surface area contributed by atoms with Crippen molar-refractivity contribution >= 4 is 29.1 Å². The van der Waals surface area contributed by atoms with Crippen LogP contribution in [0.2, 0.25) is 0 Å². The lowest BCUT2D eigenvalue weighted by Gasteiger charge is -2.35. The van der Waals surface area contributed by atoms with Crippen LogP contribution in [0.4, 0.5) is 19.0 Å². The predicted octanol–water partition coefficient (Wildman–Crippen LogP) is 3.57. The highest BCUT2D eigenvalue weighted by atomic mass is 32.1. The van der Waals surface area contributed by atoms with Crippen LogP contribution in [0, 0.1) is 0 Å². The summed E-state index contributed by atoms with van der Waals surface area (Å²) in [6, 6.07) is 7.15. The monoisotopic (exact) mass is 435 g/mol. The maximum atomic E-state index is 12.6. The molecule has 7 nitrogen and oxygen atoms in total. The summed E-state index contributed by atoms with van der Waals surface area (Å²) in [5.41, 5.74) is 0.325. The lowest BCUT2D eigenvalue weighted by molar-refractivity contribution is -0.159. The van der Waals surface area contributed by atoms with E-state index >= 15 is 0 Å². The minimum atomic E-state index is -4.69. The molecule has 1 fully saturated rings. The van der Waals surface area contributed by atoms with Crippen LogP contribution in [0.3, 0.4) is 0 Å². The molecule has 0 N–H and O–H groups in total. The van der Waals surface area contributed by atoms with Gasteiger partial charge in [0.25, 0.3) is 0 Å². The number of halogens is 3. The van der Waals surface area contributed by atoms with Crippen LogP contribution in [0.15, 0.2) is 46.4 Å². The molecular weight excluding hydrogens is 419 g/mol. The van der Waals surface area contributed by atoms with E-state index in [2.05, 4.69) is 19.6 Å². The minimum Gasteiger partial charge on any atom is -0.353 e. The number of pyridine rings is 1. The van der Waals surface area contributed by atoms with E-state index in [4.69, 9.17) is 0 Å². The fourth-order valence-corrected chi connectivity index (χ4v) is 3.58. The number of carbonyl (C=O) groups excluding carboxylic acids is 1. The number of amides is 1. The second kappa shape index (κ2) is 8.27. The molecule has 30 heavy (non-hydrogen) atoms. The van der Waals surface area contributed by atoms with Gasteiger partial charge in [-0.1, -0.05) is 11.2 Å². The number of anilines is 1. The number of hydrogen-bond donors (Lipinski definition) is 0. The van der Waals surface area contributed by atoms with Crippen molar-refractivity contribution in [3.63, 3.8) is 0 Å². The predicted molar refractivity (Wildman–Crippen MR) is 105 cm³/mol. The first-order valence-corrected chi connectivity index (χ1v) is 9.91. The van der Waals surface area contributed by atoms with Crippen LogP contribution in [0.5, 0.6) is 0 Å². The first-order valence-electron chi connectivity index (χ1n) is 9.03. The number of piperazine rings is 1. The highest BCUT2D eigenvalue weighted by Crippen LogP contribution is 2.29. The maximum Gasteiger partial charge on any atom is 0.471 e. The van der Waals surface area contributed by atoms with Gasteiger partial charge in [-0.3, -0.25) is 4.79 Å². The van der Waals surface area contributed by atoms with E-state index in [1.54, 1.807) is 34.4 Å². The molecule has 0 radical (unpaired) electrons. The van der Waals surface area contributed by atoms with E-state index in [0.717, 1.165) is 4.88 Å². The van der Waals surface area contributed by atoms with Gasteiger partial charge in [0, 0.05) is 48.9 Å². The van der Waals surface area contributed by atoms with E-state index < -0.39 is 12.1 Å². The SMILES string of the molecule is O=C(C=Cc1cccs1)N1CCN(c2ccc(-c3noc(C(F)(F)F)n3)cn2)CC1. The summed E-state index contributed by atoms with van der Waals surface area (Å²) in [4.78, 5) is 24.8. The highest BCUT2D eigenvalue weighted by Gasteiger charge is 2.38. The van der Waals surface area contributed by atoms with E-state index in [0.29, 0.717) is 37.6 Å². The summed E-state index contributed by atoms with van der Waals surface area (Å²) in [6.45, 7) is 2.31. The maximum absolute atomic E-state index is 12.6. The van der Waals surface area contributed by atoms with Crippen molar-refractivity contribution < 1.29 is 22.5 Å². The molecule has 1 amide bonds. The average molecular weight is 435 g/mol. The van der Waals surface area contributed by atoms with Gasteiger partial charge in [0.1, 0.15) is 5.82 Å². The second-order valence-electron chi connectivity index (χ2n) is 6.49. The van der Waals surface area contributed by atoms with Gasteiger partial charge in [-0.2, -0.15) is 18.2 Å². The molecule has 4 rings (SSSR count). The molecule has 3 aromatic rings. The zero-order valence-corrected chi connectivity index (χ0v) is 16.4. The van der Waals surface area contributed by atoms with Crippen LogP contribution in [0.25, 0.3) is 17.5 Å². The van der Waals surface area contributed by atoms with Crippen molar-refractivity contribution in [1.82, 2.24) is 20.0 Å². The Hall–Kier alpha value is -3.21. The first kappa shape index (κ1) is 20.1. The van der Waals surface area contributed by atoms with Gasteiger partial charge in [-0.05, 0) is 29.7 Å². The molecule has 1 aliphatic rings. The number of alkyl halides is 3. The Kier molecular flexibility index (Phi) is 5.53. The number of hydrogen-bond acceptors (Lipinski definition) is 7. The van der Waals surface area contributed by atoms with E-state index in [-0.39, 0.29) is 11.7 Å². The average Bonchev–Trinajstić information content (AvgIpc) is 3.44. The second-order valence-corrected chi connectivity index (χ2v) is 7.47. The third-order valence-corrected chi connectivity index (χ3v) is 5.36. The van der Waals surface area contributed by atoms with Crippen LogP contribution in [-0.4, -0.2) is 52.1 Å². The molecule has 0 aliphatic carbocycles. The van der Waals surface area contributed by atoms with Gasteiger partial charge in [0.15, 0.2) is 0 Å². The molecule has 0 spiro atoms. The Labute approximate surface area is 173 Å². The Morgan fingerprint density at radius 3 is 2.57 bits per heavy atom. The summed E-state index contributed by atoms with van der Waals surface area (Å²) in [5.74, 6) is -0.937. The molecule has 1 saturated heterocycles. The molecule has 4 heterocycles. The van der Waals surface area contributed by atoms with Gasteiger partial charge in [0.05, 0.1) is 0 Å². The number of thiophene rings is 1. The zero-order chi connectivity index (χ0) is 21.1. The third-order valence-electron chi connectivity index (χ3n) is 4.52. The fraction of sp³-hybridized carbons (Fsp3) is 0.263. The summed E-state index contributed by atoms with van der Waals surface area (Å²) >= 11 is 1.57. The van der Waals surface area contributed by atoms with Crippen molar-refractivity contribution in [3.8, 4) is 11.4 Å². The quantitative estimate of drug-likeness (QED) is 0.584. The number of carbonyl (C=O) groups is 1. The van der Waals surface area contributed by atoms with Gasteiger partial charge in [-0.15, -0.1) is 11.3 Å². The smallest absolute Gasteiger partial charge is 0.353 e. The molecule has 1 aliphatic heterocycles. The van der Waals surface area contributed by atoms with Crippen LogP contribution in [0.1, 0.15) is 10.8 Å². The van der Waals surface area contributed by atoms with Crippen molar-refractivity contribution in [2.45, 2.75) is 6.18 Å². The summed E-state index contributed by atoms with van der Waals surface area (Å²) in [6.07, 6.45) is 0.104. The Bertz CT molecular complexity index is 1020. The standard InChI is InChI=1S/C19H16F3N5O2S/c20-19(21,22)18-24-17(25-29-18)13-3-5-15(23-12-13)26-7-9-27(10-8-26)16(28)6-4-14-2-1-11-30-14/h1-6,11-12H,7-10H2. The lowest BCUT2D eigenvalue weighted by atomic mass is 10.2. The Morgan fingerprint density at radius 1 is 1.17 bits per heavy atom. The molecule has 3 aromatic heterocycles. The molecule has 156 valence electrons. The molecule has 0 aromatic carbocycles. The number of aromatic nitrogens is 3.